The van der Waals surface area contributed by atoms with Crippen molar-refractivity contribution in [2.45, 2.75) is 26.4 Å². The van der Waals surface area contributed by atoms with Crippen molar-refractivity contribution in [3.63, 3.8) is 0 Å². The van der Waals surface area contributed by atoms with Crippen LogP contribution in [0.15, 0.2) is 30.3 Å². The number of rotatable bonds is 1. The first-order valence-corrected chi connectivity index (χ1v) is 5.23. The van der Waals surface area contributed by atoms with Gasteiger partial charge >= 0.3 is 12.1 Å². The van der Waals surface area contributed by atoms with Crippen molar-refractivity contribution in [3.8, 4) is 0 Å². The van der Waals surface area contributed by atoms with Crippen LogP contribution in [0.4, 0.5) is 15.3 Å². The zero-order valence-corrected chi connectivity index (χ0v) is 10.1. The second-order valence-electron chi connectivity index (χ2n) is 4.45. The molecule has 0 aromatic heterocycles. The van der Waals surface area contributed by atoms with Gasteiger partial charge in [0.05, 0.1) is 0 Å². The van der Waals surface area contributed by atoms with Crippen LogP contribution in [0.1, 0.15) is 20.8 Å². The lowest BCUT2D eigenvalue weighted by molar-refractivity contribution is 0.0551. The molecule has 0 radical (unpaired) electrons. The summed E-state index contributed by atoms with van der Waals surface area (Å²) in [7, 11) is 0. The standard InChI is InChI=1S/C12H16N2O3/c1-12(2,3)17-11(16)14-10(15)13-9-7-5-4-6-8-9/h4-8H,1-3H3,(H2,13,14,15,16). The summed E-state index contributed by atoms with van der Waals surface area (Å²) in [5, 5.41) is 4.58. The van der Waals surface area contributed by atoms with E-state index in [-0.39, 0.29) is 0 Å². The number of imide groups is 1. The van der Waals surface area contributed by atoms with Crippen LogP contribution in [-0.2, 0) is 4.74 Å². The number of para-hydroxylation sites is 1. The van der Waals surface area contributed by atoms with Crippen LogP contribution in [0.3, 0.4) is 0 Å². The largest absolute Gasteiger partial charge is 0.443 e. The zero-order valence-electron chi connectivity index (χ0n) is 10.1. The molecule has 1 aromatic carbocycles. The van der Waals surface area contributed by atoms with E-state index in [1.165, 1.54) is 0 Å². The van der Waals surface area contributed by atoms with Gasteiger partial charge in [-0.1, -0.05) is 18.2 Å². The highest BCUT2D eigenvalue weighted by molar-refractivity contribution is 5.98. The van der Waals surface area contributed by atoms with Crippen LogP contribution in [0.25, 0.3) is 0 Å². The van der Waals surface area contributed by atoms with E-state index in [9.17, 15) is 9.59 Å². The number of ether oxygens (including phenoxy) is 1. The fourth-order valence-electron chi connectivity index (χ4n) is 1.08. The Labute approximate surface area is 100 Å². The summed E-state index contributed by atoms with van der Waals surface area (Å²) >= 11 is 0. The Morgan fingerprint density at radius 3 is 2.24 bits per heavy atom. The van der Waals surface area contributed by atoms with Crippen molar-refractivity contribution in [2.75, 3.05) is 5.32 Å². The number of nitrogens with one attached hydrogen (secondary N) is 2. The summed E-state index contributed by atoms with van der Waals surface area (Å²) < 4.78 is 4.94. The number of benzene rings is 1. The van der Waals surface area contributed by atoms with Gasteiger partial charge in [-0.05, 0) is 32.9 Å². The third kappa shape index (κ3) is 5.55. The quantitative estimate of drug-likeness (QED) is 0.787. The van der Waals surface area contributed by atoms with Gasteiger partial charge in [0.2, 0.25) is 0 Å². The first-order valence-electron chi connectivity index (χ1n) is 5.23. The summed E-state index contributed by atoms with van der Waals surface area (Å²) in [5.41, 5.74) is -0.0227. The summed E-state index contributed by atoms with van der Waals surface area (Å²) in [5.74, 6) is 0. The normalized spacial score (nSPS) is 10.5. The third-order valence-corrected chi connectivity index (χ3v) is 1.65. The molecule has 1 aromatic rings. The molecule has 0 heterocycles. The lowest BCUT2D eigenvalue weighted by atomic mass is 10.2. The minimum atomic E-state index is -0.772. The predicted octanol–water partition coefficient (Wildman–Crippen LogP) is 2.74. The minimum Gasteiger partial charge on any atom is -0.443 e. The molecule has 3 amide bonds. The Bertz CT molecular complexity index is 396. The number of hydrogen-bond acceptors (Lipinski definition) is 3. The van der Waals surface area contributed by atoms with Gasteiger partial charge in [-0.3, -0.25) is 0 Å². The van der Waals surface area contributed by atoms with Gasteiger partial charge < -0.3 is 10.1 Å². The van der Waals surface area contributed by atoms with Gasteiger partial charge in [-0.2, -0.15) is 0 Å². The molecule has 0 spiro atoms. The number of carbonyl (C=O) groups is 2. The first kappa shape index (κ1) is 13.0. The Kier molecular flexibility index (Phi) is 4.09. The summed E-state index contributed by atoms with van der Waals surface area (Å²) in [4.78, 5) is 22.7. The predicted molar refractivity (Wildman–Crippen MR) is 64.8 cm³/mol. The molecule has 5 heteroatoms. The van der Waals surface area contributed by atoms with Crippen molar-refractivity contribution < 1.29 is 14.3 Å². The Balaban J connectivity index is 2.43. The van der Waals surface area contributed by atoms with E-state index in [1.807, 2.05) is 6.07 Å². The topological polar surface area (TPSA) is 67.4 Å². The van der Waals surface area contributed by atoms with Crippen molar-refractivity contribution in [3.05, 3.63) is 30.3 Å². The van der Waals surface area contributed by atoms with E-state index in [2.05, 4.69) is 10.6 Å². The molecule has 0 atom stereocenters. The van der Waals surface area contributed by atoms with E-state index in [0.29, 0.717) is 5.69 Å². The van der Waals surface area contributed by atoms with E-state index in [4.69, 9.17) is 4.74 Å². The lowest BCUT2D eigenvalue weighted by Gasteiger charge is -2.19. The van der Waals surface area contributed by atoms with E-state index < -0.39 is 17.7 Å². The van der Waals surface area contributed by atoms with Crippen LogP contribution >= 0.6 is 0 Å². The van der Waals surface area contributed by atoms with Gasteiger partial charge in [-0.25, -0.2) is 14.9 Å². The van der Waals surface area contributed by atoms with Crippen molar-refractivity contribution in [1.29, 1.82) is 0 Å². The number of anilines is 1. The maximum Gasteiger partial charge on any atom is 0.415 e. The van der Waals surface area contributed by atoms with Crippen LogP contribution in [0.2, 0.25) is 0 Å². The Hall–Kier alpha value is -2.04. The van der Waals surface area contributed by atoms with Crippen molar-refractivity contribution in [2.24, 2.45) is 0 Å². The fourth-order valence-corrected chi connectivity index (χ4v) is 1.08. The smallest absolute Gasteiger partial charge is 0.415 e. The molecule has 0 aliphatic heterocycles. The highest BCUT2D eigenvalue weighted by Gasteiger charge is 2.17. The first-order chi connectivity index (χ1) is 7.87. The molecular formula is C12H16N2O3. The Morgan fingerprint density at radius 1 is 1.12 bits per heavy atom. The molecule has 0 saturated heterocycles. The monoisotopic (exact) mass is 236 g/mol. The second-order valence-corrected chi connectivity index (χ2v) is 4.45. The molecular weight excluding hydrogens is 220 g/mol. The highest BCUT2D eigenvalue weighted by Crippen LogP contribution is 2.07. The van der Waals surface area contributed by atoms with Gasteiger partial charge in [0.15, 0.2) is 0 Å². The van der Waals surface area contributed by atoms with E-state index in [1.54, 1.807) is 45.0 Å². The molecule has 0 saturated carbocycles. The molecule has 92 valence electrons. The number of urea groups is 1. The van der Waals surface area contributed by atoms with Gasteiger partial charge in [-0.15, -0.1) is 0 Å². The molecule has 1 rings (SSSR count). The summed E-state index contributed by atoms with van der Waals surface area (Å²) in [6.45, 7) is 5.17. The van der Waals surface area contributed by atoms with Crippen molar-refractivity contribution in [1.82, 2.24) is 5.32 Å². The summed E-state index contributed by atoms with van der Waals surface area (Å²) in [6.07, 6.45) is -0.772. The van der Waals surface area contributed by atoms with Gasteiger partial charge in [0, 0.05) is 5.69 Å². The fraction of sp³-hybridized carbons (Fsp3) is 0.333. The molecule has 0 unspecified atom stereocenters. The van der Waals surface area contributed by atoms with Gasteiger partial charge in [0.25, 0.3) is 0 Å². The number of hydrogen-bond donors (Lipinski definition) is 2. The average molecular weight is 236 g/mol. The third-order valence-electron chi connectivity index (χ3n) is 1.65. The molecule has 0 aliphatic carbocycles. The summed E-state index contributed by atoms with van der Waals surface area (Å²) in [6, 6.07) is 8.21. The number of alkyl carbamates (subject to hydrolysis) is 1. The molecule has 17 heavy (non-hydrogen) atoms. The maximum atomic E-state index is 11.4. The van der Waals surface area contributed by atoms with E-state index >= 15 is 0 Å². The van der Waals surface area contributed by atoms with Crippen LogP contribution in [0, 0.1) is 0 Å². The minimum absolute atomic E-state index is 0.605. The van der Waals surface area contributed by atoms with Crippen molar-refractivity contribution >= 4 is 17.8 Å². The average Bonchev–Trinajstić information content (AvgIpc) is 2.15. The van der Waals surface area contributed by atoms with Crippen LogP contribution in [-0.4, -0.2) is 17.7 Å². The van der Waals surface area contributed by atoms with E-state index in [0.717, 1.165) is 0 Å². The SMILES string of the molecule is CC(C)(C)OC(=O)NC(=O)Nc1ccccc1. The molecule has 0 bridgehead atoms. The van der Waals surface area contributed by atoms with Gasteiger partial charge in [0.1, 0.15) is 5.60 Å². The second kappa shape index (κ2) is 5.34. The zero-order chi connectivity index (χ0) is 12.9. The van der Waals surface area contributed by atoms with Crippen LogP contribution in [0.5, 0.6) is 0 Å². The molecule has 5 nitrogen and oxygen atoms in total. The maximum absolute atomic E-state index is 11.4. The number of carbonyl (C=O) groups excluding carboxylic acids is 2. The molecule has 2 N–H and O–H groups in total. The lowest BCUT2D eigenvalue weighted by Crippen LogP contribution is -2.38. The number of amides is 3. The van der Waals surface area contributed by atoms with Crippen LogP contribution < -0.4 is 10.6 Å². The highest BCUT2D eigenvalue weighted by atomic mass is 16.6. The molecule has 0 fully saturated rings. The Morgan fingerprint density at radius 2 is 1.71 bits per heavy atom. The molecule has 0 aliphatic rings.